The zero-order chi connectivity index (χ0) is 41.1. The van der Waals surface area contributed by atoms with E-state index in [0.717, 1.165) is 55.0 Å². The van der Waals surface area contributed by atoms with Crippen molar-refractivity contribution in [2.45, 2.75) is 39.5 Å². The third-order valence-electron chi connectivity index (χ3n) is 10.6. The number of guanidine groups is 1. The van der Waals surface area contributed by atoms with E-state index in [1.165, 1.54) is 17.9 Å². The van der Waals surface area contributed by atoms with Gasteiger partial charge in [-0.3, -0.25) is 14.2 Å². The molecule has 0 saturated carbocycles. The van der Waals surface area contributed by atoms with Gasteiger partial charge >= 0.3 is 0 Å². The number of amides is 1. The summed E-state index contributed by atoms with van der Waals surface area (Å²) in [5, 5.41) is 5.80. The first kappa shape index (κ1) is 40.5. The fraction of sp³-hybridized carbons (Fsp3) is 0.349. The van der Waals surface area contributed by atoms with Gasteiger partial charge in [-0.25, -0.2) is 27.2 Å². The number of nitrogens with zero attached hydrogens (tertiary/aromatic N) is 5. The number of carbonyl (C=O) groups excluding carboxylic acids is 1. The van der Waals surface area contributed by atoms with Crippen molar-refractivity contribution in [3.8, 4) is 22.8 Å². The molecule has 58 heavy (non-hydrogen) atoms. The molecule has 0 radical (unpaired) electrons. The molecule has 0 bridgehead atoms. The maximum Gasteiger partial charge on any atom is 0.259 e. The maximum absolute atomic E-state index is 14.6. The Bertz CT molecular complexity index is 2510. The number of ether oxygens (including phenoxy) is 2. The summed E-state index contributed by atoms with van der Waals surface area (Å²) >= 11 is 0. The van der Waals surface area contributed by atoms with E-state index in [2.05, 4.69) is 34.6 Å². The Morgan fingerprint density at radius 1 is 1.00 bits per heavy atom. The monoisotopic (exact) mass is 811 g/mol. The third kappa shape index (κ3) is 8.75. The van der Waals surface area contributed by atoms with E-state index < -0.39 is 33.1 Å². The number of halogens is 2. The first-order chi connectivity index (χ1) is 27.8. The predicted octanol–water partition coefficient (Wildman–Crippen LogP) is 7.38. The summed E-state index contributed by atoms with van der Waals surface area (Å²) in [6.07, 6.45) is 5.02. The lowest BCUT2D eigenvalue weighted by Gasteiger charge is -2.33. The molecule has 304 valence electrons. The van der Waals surface area contributed by atoms with Crippen LogP contribution in [0.25, 0.3) is 16.9 Å². The Hall–Kier alpha value is -5.67. The van der Waals surface area contributed by atoms with Gasteiger partial charge in [0.05, 0.1) is 54.4 Å². The molecule has 5 aromatic rings. The number of hydrogen-bond acceptors (Lipinski definition) is 10. The number of piperidine rings is 1. The molecule has 0 aliphatic carbocycles. The summed E-state index contributed by atoms with van der Waals surface area (Å²) in [4.78, 5) is 30.7. The fourth-order valence-electron chi connectivity index (χ4n) is 7.59. The summed E-state index contributed by atoms with van der Waals surface area (Å²) in [6.45, 7) is 8.81. The molecule has 2 aliphatic rings. The molecular formula is C43H47F2N7O5S. The summed E-state index contributed by atoms with van der Waals surface area (Å²) < 4.78 is 66.1. The summed E-state index contributed by atoms with van der Waals surface area (Å²) in [7, 11) is -1.38. The lowest BCUT2D eigenvalue weighted by Crippen LogP contribution is -2.36. The molecule has 1 atom stereocenters. The van der Waals surface area contributed by atoms with Crippen molar-refractivity contribution in [1.29, 1.82) is 0 Å². The molecular weight excluding hydrogens is 765 g/mol. The van der Waals surface area contributed by atoms with E-state index >= 15 is 0 Å². The molecule has 1 amide bonds. The highest BCUT2D eigenvalue weighted by atomic mass is 32.2. The number of sulfone groups is 1. The van der Waals surface area contributed by atoms with Crippen LogP contribution in [0.5, 0.6) is 11.5 Å². The van der Waals surface area contributed by atoms with Crippen LogP contribution in [0, 0.1) is 24.5 Å². The molecule has 2 aliphatic heterocycles. The Morgan fingerprint density at radius 3 is 2.47 bits per heavy atom. The van der Waals surface area contributed by atoms with Crippen LogP contribution in [0.4, 0.5) is 20.2 Å². The molecule has 2 N–H and O–H groups in total. The molecule has 4 heterocycles. The van der Waals surface area contributed by atoms with E-state index in [0.29, 0.717) is 53.3 Å². The Labute approximate surface area is 336 Å². The number of carbonyl (C=O) groups is 1. The lowest BCUT2D eigenvalue weighted by atomic mass is 9.86. The van der Waals surface area contributed by atoms with E-state index in [-0.39, 0.29) is 29.6 Å². The number of methoxy groups -OCH3 is 1. The van der Waals surface area contributed by atoms with Crippen molar-refractivity contribution in [1.82, 2.24) is 14.3 Å². The van der Waals surface area contributed by atoms with Crippen molar-refractivity contribution >= 4 is 44.4 Å². The second-order valence-electron chi connectivity index (χ2n) is 14.8. The van der Waals surface area contributed by atoms with Gasteiger partial charge in [-0.2, -0.15) is 0 Å². The number of aliphatic imine (C=N–C) groups is 2. The van der Waals surface area contributed by atoms with Crippen molar-refractivity contribution < 1.29 is 31.5 Å². The van der Waals surface area contributed by atoms with Crippen LogP contribution in [0.3, 0.4) is 0 Å². The van der Waals surface area contributed by atoms with Gasteiger partial charge in [-0.05, 0) is 111 Å². The quantitative estimate of drug-likeness (QED) is 0.133. The Kier molecular flexibility index (Phi) is 11.9. The normalized spacial score (nSPS) is 16.5. The average molecular weight is 812 g/mol. The number of rotatable bonds is 12. The van der Waals surface area contributed by atoms with Crippen molar-refractivity contribution in [3.05, 3.63) is 107 Å². The SMILES string of the molecule is CCOc1ccc(-c2nc3ccccn3c2C2=NC(Nc3cc(C)c(C4CCN(CCS(C)(=O)=O)CC4)cc3OC)=NCC2C)cc1C(=O)Nc1c(F)cccc1F. The zero-order valence-electron chi connectivity index (χ0n) is 33.2. The van der Waals surface area contributed by atoms with E-state index in [9.17, 15) is 22.0 Å². The number of anilines is 2. The van der Waals surface area contributed by atoms with Crippen molar-refractivity contribution in [2.75, 3.05) is 62.5 Å². The van der Waals surface area contributed by atoms with Crippen LogP contribution < -0.4 is 20.1 Å². The predicted molar refractivity (Wildman–Crippen MR) is 224 cm³/mol. The van der Waals surface area contributed by atoms with E-state index in [1.807, 2.05) is 35.7 Å². The fourth-order valence-corrected chi connectivity index (χ4v) is 8.18. The molecule has 1 fully saturated rings. The summed E-state index contributed by atoms with van der Waals surface area (Å²) in [6, 6.07) is 18.2. The van der Waals surface area contributed by atoms with Crippen molar-refractivity contribution in [3.63, 3.8) is 0 Å². The number of hydrogen-bond donors (Lipinski definition) is 2. The number of para-hydroxylation sites is 1. The molecule has 1 saturated heterocycles. The minimum Gasteiger partial charge on any atom is -0.495 e. The smallest absolute Gasteiger partial charge is 0.259 e. The van der Waals surface area contributed by atoms with Crippen LogP contribution in [0.15, 0.2) is 82.9 Å². The molecule has 0 spiro atoms. The number of benzene rings is 3. The van der Waals surface area contributed by atoms with Gasteiger partial charge in [-0.15, -0.1) is 0 Å². The standard InChI is InChI=1S/C43H47F2N7O5S/c1-6-57-35-14-13-29(23-31(35)42(53)49-40-32(44)10-9-11-33(40)45)39-41(52-17-8-7-12-37(52)48-39)38-27(3)25-46-43(50-38)47-34-22-26(2)30(24-36(34)56-4)28-15-18-51(19-16-28)20-21-58(5,54)55/h7-14,17,22-24,27-28H,6,15-16,18-21,25H2,1-5H3,(H,46,47)(H,49,53). The number of fused-ring (bicyclic) bond motifs is 1. The minimum absolute atomic E-state index is 0.0796. The number of aromatic nitrogens is 2. The second-order valence-corrected chi connectivity index (χ2v) is 17.0. The topological polar surface area (TPSA) is 139 Å². The van der Waals surface area contributed by atoms with Gasteiger partial charge in [0.15, 0.2) is 0 Å². The number of aryl methyl sites for hydroxylation is 1. The Balaban J connectivity index is 1.20. The molecule has 7 rings (SSSR count). The second kappa shape index (κ2) is 17.0. The van der Waals surface area contributed by atoms with Gasteiger partial charge < -0.3 is 25.0 Å². The average Bonchev–Trinajstić information content (AvgIpc) is 3.59. The third-order valence-corrected chi connectivity index (χ3v) is 11.5. The van der Waals surface area contributed by atoms with Gasteiger partial charge in [-0.1, -0.05) is 19.1 Å². The number of nitrogens with one attached hydrogen (secondary N) is 2. The van der Waals surface area contributed by atoms with Crippen LogP contribution >= 0.6 is 0 Å². The Morgan fingerprint density at radius 2 is 1.76 bits per heavy atom. The molecule has 12 nitrogen and oxygen atoms in total. The van der Waals surface area contributed by atoms with Crippen LogP contribution in [-0.4, -0.2) is 92.2 Å². The molecule has 15 heteroatoms. The highest BCUT2D eigenvalue weighted by Gasteiger charge is 2.29. The van der Waals surface area contributed by atoms with Crippen LogP contribution in [0.1, 0.15) is 59.8 Å². The highest BCUT2D eigenvalue weighted by molar-refractivity contribution is 7.90. The zero-order valence-corrected chi connectivity index (χ0v) is 34.0. The number of likely N-dealkylation sites (tertiary alicyclic amines) is 1. The van der Waals surface area contributed by atoms with Gasteiger partial charge in [0, 0.05) is 30.5 Å². The number of pyridine rings is 1. The lowest BCUT2D eigenvalue weighted by molar-refractivity contribution is 0.102. The summed E-state index contributed by atoms with van der Waals surface area (Å²) in [5.74, 6) is -0.871. The number of imidazole rings is 1. The largest absolute Gasteiger partial charge is 0.495 e. The minimum atomic E-state index is -3.01. The molecule has 1 unspecified atom stereocenters. The molecule has 2 aromatic heterocycles. The first-order valence-corrected chi connectivity index (χ1v) is 21.4. The first-order valence-electron chi connectivity index (χ1n) is 19.3. The van der Waals surface area contributed by atoms with E-state index in [1.54, 1.807) is 32.2 Å². The van der Waals surface area contributed by atoms with Crippen LogP contribution in [-0.2, 0) is 9.84 Å². The van der Waals surface area contributed by atoms with Gasteiger partial charge in [0.2, 0.25) is 5.96 Å². The van der Waals surface area contributed by atoms with E-state index in [4.69, 9.17) is 24.4 Å². The van der Waals surface area contributed by atoms with Gasteiger partial charge in [0.25, 0.3) is 5.91 Å². The van der Waals surface area contributed by atoms with Crippen LogP contribution in [0.2, 0.25) is 0 Å². The van der Waals surface area contributed by atoms with Gasteiger partial charge in [0.1, 0.15) is 44.3 Å². The highest BCUT2D eigenvalue weighted by Crippen LogP contribution is 2.38. The summed E-state index contributed by atoms with van der Waals surface area (Å²) in [5.41, 5.74) is 5.74. The molecule has 3 aromatic carbocycles. The van der Waals surface area contributed by atoms with Crippen molar-refractivity contribution in [2.24, 2.45) is 15.9 Å². The maximum atomic E-state index is 14.6.